The van der Waals surface area contributed by atoms with Crippen molar-refractivity contribution in [3.05, 3.63) is 29.8 Å². The molecule has 0 bridgehead atoms. The summed E-state index contributed by atoms with van der Waals surface area (Å²) in [4.78, 5) is 23.4. The van der Waals surface area contributed by atoms with Crippen molar-refractivity contribution >= 4 is 40.1 Å². The number of ether oxygens (including phenoxy) is 2. The van der Waals surface area contributed by atoms with Crippen LogP contribution in [0.5, 0.6) is 5.75 Å². The number of esters is 1. The zero-order valence-electron chi connectivity index (χ0n) is 15.9. The van der Waals surface area contributed by atoms with Crippen LogP contribution in [0.3, 0.4) is 0 Å². The first-order chi connectivity index (χ1) is 12.7. The number of carbonyl (C=O) groups excluding carboxylic acids is 2. The lowest BCUT2D eigenvalue weighted by Gasteiger charge is -2.20. The number of nitrogens with one attached hydrogen (secondary N) is 1. The van der Waals surface area contributed by atoms with Gasteiger partial charge in [0, 0.05) is 0 Å². The van der Waals surface area contributed by atoms with Crippen molar-refractivity contribution in [2.45, 2.75) is 43.6 Å². The lowest BCUT2D eigenvalue weighted by Crippen LogP contribution is -2.30. The Hall–Kier alpha value is -2.13. The highest BCUT2D eigenvalue weighted by atomic mass is 32.2. The second-order valence-corrected chi connectivity index (χ2v) is 8.96. The van der Waals surface area contributed by atoms with Gasteiger partial charge in [-0.2, -0.15) is 0 Å². The van der Waals surface area contributed by atoms with Gasteiger partial charge in [-0.3, -0.25) is 14.9 Å². The van der Waals surface area contributed by atoms with E-state index in [-0.39, 0.29) is 23.0 Å². The number of aromatic nitrogens is 2. The molecule has 27 heavy (non-hydrogen) atoms. The second-order valence-electron chi connectivity index (χ2n) is 6.76. The summed E-state index contributed by atoms with van der Waals surface area (Å²) in [6, 6.07) is 7.71. The molecule has 0 aliphatic rings. The quantitative estimate of drug-likeness (QED) is 0.425. The van der Waals surface area contributed by atoms with Gasteiger partial charge < -0.3 is 9.47 Å². The van der Waals surface area contributed by atoms with E-state index in [0.717, 1.165) is 0 Å². The van der Waals surface area contributed by atoms with Crippen molar-refractivity contribution in [2.24, 2.45) is 0 Å². The molecule has 146 valence electrons. The molecule has 1 amide bonds. The molecule has 0 aliphatic heterocycles. The van der Waals surface area contributed by atoms with E-state index in [9.17, 15) is 9.59 Å². The third kappa shape index (κ3) is 6.51. The molecular weight excluding hydrogens is 386 g/mol. The fraction of sp³-hybridized carbons (Fsp3) is 0.444. The molecule has 0 unspecified atom stereocenters. The van der Waals surface area contributed by atoms with Crippen LogP contribution in [0.4, 0.5) is 5.13 Å². The predicted octanol–water partition coefficient (Wildman–Crippen LogP) is 3.51. The van der Waals surface area contributed by atoms with Crippen LogP contribution >= 0.6 is 23.1 Å². The topological polar surface area (TPSA) is 90.4 Å². The van der Waals surface area contributed by atoms with Gasteiger partial charge in [-0.15, -0.1) is 10.2 Å². The van der Waals surface area contributed by atoms with E-state index in [4.69, 9.17) is 4.74 Å². The number of hydrogen-bond donors (Lipinski definition) is 1. The third-order valence-electron chi connectivity index (χ3n) is 3.58. The van der Waals surface area contributed by atoms with Gasteiger partial charge in [-0.1, -0.05) is 56.0 Å². The molecule has 0 radical (unpaired) electrons. The first-order valence-corrected chi connectivity index (χ1v) is 10.1. The molecule has 1 aromatic carbocycles. The van der Waals surface area contributed by atoms with Crippen LogP contribution in [-0.2, 0) is 19.7 Å². The summed E-state index contributed by atoms with van der Waals surface area (Å²) in [5.41, 5.74) is 1.25. The number of nitrogens with zero attached hydrogens (tertiary/aromatic N) is 2. The average Bonchev–Trinajstić information content (AvgIpc) is 3.06. The molecule has 1 heterocycles. The molecule has 7 nitrogen and oxygen atoms in total. The highest BCUT2D eigenvalue weighted by Gasteiger charge is 2.18. The first-order valence-electron chi connectivity index (χ1n) is 8.30. The molecule has 0 saturated carbocycles. The number of thioether (sulfide) groups is 1. The SMILES string of the molecule is COC(=O)CSc1nnc(NC(=O)[C@@H](C)Oc2ccc(C(C)(C)C)cc2)s1. The standard InChI is InChI=1S/C18H23N3O4S2/c1-11(25-13-8-6-12(7-9-13)18(2,3)4)15(23)19-16-20-21-17(27-16)26-10-14(22)24-5/h6-9,11H,10H2,1-5H3,(H,19,20,23)/t11-/m1/s1. The van der Waals surface area contributed by atoms with Crippen LogP contribution in [0.1, 0.15) is 33.3 Å². The van der Waals surface area contributed by atoms with Gasteiger partial charge in [0.1, 0.15) is 5.75 Å². The Labute approximate surface area is 166 Å². The van der Waals surface area contributed by atoms with Gasteiger partial charge in [-0.05, 0) is 30.0 Å². The van der Waals surface area contributed by atoms with Gasteiger partial charge in [0.25, 0.3) is 5.91 Å². The molecule has 2 rings (SSSR count). The van der Waals surface area contributed by atoms with Gasteiger partial charge >= 0.3 is 5.97 Å². The summed E-state index contributed by atoms with van der Waals surface area (Å²) in [5, 5.41) is 10.8. The summed E-state index contributed by atoms with van der Waals surface area (Å²) in [6.45, 7) is 8.08. The zero-order chi connectivity index (χ0) is 20.0. The smallest absolute Gasteiger partial charge is 0.316 e. The number of hydrogen-bond acceptors (Lipinski definition) is 8. The highest BCUT2D eigenvalue weighted by Crippen LogP contribution is 2.26. The van der Waals surface area contributed by atoms with Crippen molar-refractivity contribution < 1.29 is 19.1 Å². The molecule has 1 N–H and O–H groups in total. The monoisotopic (exact) mass is 409 g/mol. The Kier molecular flexibility index (Phi) is 7.20. The fourth-order valence-electron chi connectivity index (χ4n) is 2.00. The number of carbonyl (C=O) groups is 2. The van der Waals surface area contributed by atoms with Crippen LogP contribution in [0.15, 0.2) is 28.6 Å². The summed E-state index contributed by atoms with van der Waals surface area (Å²) in [5.74, 6) is 0.0940. The van der Waals surface area contributed by atoms with E-state index in [0.29, 0.717) is 15.2 Å². The Morgan fingerprint density at radius 3 is 2.48 bits per heavy atom. The zero-order valence-corrected chi connectivity index (χ0v) is 17.6. The fourth-order valence-corrected chi connectivity index (χ4v) is 3.58. The normalized spacial score (nSPS) is 12.3. The molecule has 9 heteroatoms. The van der Waals surface area contributed by atoms with E-state index in [1.807, 2.05) is 24.3 Å². The molecule has 0 saturated heterocycles. The Morgan fingerprint density at radius 2 is 1.89 bits per heavy atom. The summed E-state index contributed by atoms with van der Waals surface area (Å²) < 4.78 is 10.8. The molecule has 0 aliphatic carbocycles. The van der Waals surface area contributed by atoms with E-state index < -0.39 is 6.10 Å². The van der Waals surface area contributed by atoms with Crippen molar-refractivity contribution in [1.29, 1.82) is 0 Å². The second kappa shape index (κ2) is 9.18. The number of benzene rings is 1. The summed E-state index contributed by atoms with van der Waals surface area (Å²) in [7, 11) is 1.33. The first kappa shape index (κ1) is 21.2. The van der Waals surface area contributed by atoms with E-state index in [2.05, 4.69) is 41.0 Å². The summed E-state index contributed by atoms with van der Waals surface area (Å²) in [6.07, 6.45) is -0.694. The lowest BCUT2D eigenvalue weighted by molar-refractivity contribution is -0.137. The molecular formula is C18H23N3O4S2. The minimum absolute atomic E-state index is 0.0585. The van der Waals surface area contributed by atoms with E-state index >= 15 is 0 Å². The molecule has 1 aromatic heterocycles. The van der Waals surface area contributed by atoms with Gasteiger partial charge in [0.15, 0.2) is 10.4 Å². The van der Waals surface area contributed by atoms with Gasteiger partial charge in [-0.25, -0.2) is 0 Å². The predicted molar refractivity (Wildman–Crippen MR) is 107 cm³/mol. The maximum atomic E-state index is 12.3. The molecule has 0 spiro atoms. The maximum absolute atomic E-state index is 12.3. The van der Waals surface area contributed by atoms with Gasteiger partial charge in [0.05, 0.1) is 12.9 Å². The minimum atomic E-state index is -0.694. The molecule has 1 atom stereocenters. The van der Waals surface area contributed by atoms with Crippen molar-refractivity contribution in [3.8, 4) is 5.75 Å². The van der Waals surface area contributed by atoms with Crippen LogP contribution < -0.4 is 10.1 Å². The number of rotatable bonds is 7. The van der Waals surface area contributed by atoms with Crippen molar-refractivity contribution in [1.82, 2.24) is 10.2 Å². The maximum Gasteiger partial charge on any atom is 0.316 e. The molecule has 0 fully saturated rings. The number of amides is 1. The number of anilines is 1. The Morgan fingerprint density at radius 1 is 1.22 bits per heavy atom. The van der Waals surface area contributed by atoms with E-state index in [1.54, 1.807) is 6.92 Å². The van der Waals surface area contributed by atoms with Crippen LogP contribution in [0.25, 0.3) is 0 Å². The highest BCUT2D eigenvalue weighted by molar-refractivity contribution is 8.01. The third-order valence-corrected chi connectivity index (χ3v) is 5.53. The number of methoxy groups -OCH3 is 1. The lowest BCUT2D eigenvalue weighted by atomic mass is 9.87. The van der Waals surface area contributed by atoms with Crippen LogP contribution in [-0.4, -0.2) is 41.0 Å². The summed E-state index contributed by atoms with van der Waals surface area (Å²) >= 11 is 2.39. The van der Waals surface area contributed by atoms with Gasteiger partial charge in [0.2, 0.25) is 5.13 Å². The Balaban J connectivity index is 1.88. The largest absolute Gasteiger partial charge is 0.481 e. The Bertz CT molecular complexity index is 785. The molecule has 2 aromatic rings. The van der Waals surface area contributed by atoms with E-state index in [1.165, 1.54) is 35.8 Å². The van der Waals surface area contributed by atoms with Crippen LogP contribution in [0.2, 0.25) is 0 Å². The van der Waals surface area contributed by atoms with Crippen molar-refractivity contribution in [2.75, 3.05) is 18.2 Å². The minimum Gasteiger partial charge on any atom is -0.481 e. The van der Waals surface area contributed by atoms with Crippen LogP contribution in [0, 0.1) is 0 Å². The average molecular weight is 410 g/mol. The van der Waals surface area contributed by atoms with Crippen molar-refractivity contribution in [3.63, 3.8) is 0 Å².